The lowest BCUT2D eigenvalue weighted by atomic mass is 10.2. The summed E-state index contributed by atoms with van der Waals surface area (Å²) in [4.78, 5) is 44.8. The van der Waals surface area contributed by atoms with Crippen molar-refractivity contribution < 1.29 is 14.4 Å². The summed E-state index contributed by atoms with van der Waals surface area (Å²) in [5.41, 5.74) is 0.551. The molecule has 0 radical (unpaired) electrons. The molecule has 0 saturated carbocycles. The van der Waals surface area contributed by atoms with Gasteiger partial charge in [0.2, 0.25) is 6.41 Å². The predicted octanol–water partition coefficient (Wildman–Crippen LogP) is 0.868. The normalized spacial score (nSPS) is 14.4. The molecule has 1 aromatic heterocycles. The number of carbonyl (C=O) groups is 3. The van der Waals surface area contributed by atoms with Crippen molar-refractivity contribution in [2.75, 3.05) is 39.8 Å². The Morgan fingerprint density at radius 2 is 1.88 bits per heavy atom. The van der Waals surface area contributed by atoms with Crippen LogP contribution in [0.3, 0.4) is 0 Å². The van der Waals surface area contributed by atoms with Gasteiger partial charge in [0.25, 0.3) is 11.8 Å². The molecule has 0 spiro atoms. The van der Waals surface area contributed by atoms with Crippen molar-refractivity contribution in [1.29, 1.82) is 0 Å². The third-order valence-electron chi connectivity index (χ3n) is 4.13. The van der Waals surface area contributed by atoms with E-state index in [-0.39, 0.29) is 23.2 Å². The van der Waals surface area contributed by atoms with Crippen molar-refractivity contribution in [2.45, 2.75) is 19.8 Å². The molecule has 2 rings (SSSR count). The molecule has 1 aliphatic heterocycles. The van der Waals surface area contributed by atoms with Gasteiger partial charge in [0.1, 0.15) is 11.4 Å². The maximum Gasteiger partial charge on any atom is 0.272 e. The van der Waals surface area contributed by atoms with Crippen LogP contribution in [-0.4, -0.2) is 77.7 Å². The van der Waals surface area contributed by atoms with E-state index >= 15 is 0 Å². The number of carbonyl (C=O) groups excluding carboxylic acids is 3. The van der Waals surface area contributed by atoms with E-state index in [1.54, 1.807) is 39.9 Å². The Hall–Kier alpha value is -2.44. The lowest BCUT2D eigenvalue weighted by Gasteiger charge is -2.32. The number of nitrogens with zero attached hydrogens (tertiary/aromatic N) is 4. The summed E-state index contributed by atoms with van der Waals surface area (Å²) in [5, 5.41) is 0. The second-order valence-electron chi connectivity index (χ2n) is 5.92. The van der Waals surface area contributed by atoms with Gasteiger partial charge in [-0.05, 0) is 18.6 Å². The van der Waals surface area contributed by atoms with Gasteiger partial charge in [0, 0.05) is 39.8 Å². The number of hydrogen-bond acceptors (Lipinski definition) is 4. The first-order valence-electron chi connectivity index (χ1n) is 8.28. The number of pyridine rings is 1. The van der Waals surface area contributed by atoms with Crippen molar-refractivity contribution in [3.05, 3.63) is 29.6 Å². The molecule has 7 heteroatoms. The first kappa shape index (κ1) is 17.9. The average molecular weight is 332 g/mol. The summed E-state index contributed by atoms with van der Waals surface area (Å²) in [5.74, 6) is -0.379. The molecular weight excluding hydrogens is 308 g/mol. The second-order valence-corrected chi connectivity index (χ2v) is 5.92. The Bertz CT molecular complexity index is 597. The molecule has 0 atom stereocenters. The maximum atomic E-state index is 12.5. The highest BCUT2D eigenvalue weighted by molar-refractivity contribution is 5.96. The quantitative estimate of drug-likeness (QED) is 0.725. The first-order valence-corrected chi connectivity index (χ1v) is 8.28. The van der Waals surface area contributed by atoms with Crippen LogP contribution in [0.4, 0.5) is 0 Å². The fourth-order valence-electron chi connectivity index (χ4n) is 2.56. The lowest BCUT2D eigenvalue weighted by molar-refractivity contribution is -0.119. The van der Waals surface area contributed by atoms with Crippen LogP contribution in [0.1, 0.15) is 40.7 Å². The highest BCUT2D eigenvalue weighted by Crippen LogP contribution is 2.09. The summed E-state index contributed by atoms with van der Waals surface area (Å²) in [6, 6.07) is 4.94. The van der Waals surface area contributed by atoms with Crippen LogP contribution >= 0.6 is 0 Å². The van der Waals surface area contributed by atoms with E-state index in [1.807, 2.05) is 0 Å². The third-order valence-corrected chi connectivity index (χ3v) is 4.13. The largest absolute Gasteiger partial charge is 0.342 e. The molecule has 7 nitrogen and oxygen atoms in total. The van der Waals surface area contributed by atoms with E-state index in [4.69, 9.17) is 0 Å². The van der Waals surface area contributed by atoms with Gasteiger partial charge in [0.15, 0.2) is 0 Å². The number of piperazine rings is 1. The number of rotatable bonds is 6. The zero-order chi connectivity index (χ0) is 17.5. The van der Waals surface area contributed by atoms with Crippen LogP contribution in [0.15, 0.2) is 18.2 Å². The number of hydrogen-bond donors (Lipinski definition) is 0. The fraction of sp³-hybridized carbons (Fsp3) is 0.529. The van der Waals surface area contributed by atoms with E-state index in [0.717, 1.165) is 19.3 Å². The molecule has 0 aliphatic carbocycles. The minimum absolute atomic E-state index is 0.177. The maximum absolute atomic E-state index is 12.5. The van der Waals surface area contributed by atoms with Crippen molar-refractivity contribution in [3.8, 4) is 0 Å². The van der Waals surface area contributed by atoms with Gasteiger partial charge in [-0.15, -0.1) is 0 Å². The third kappa shape index (κ3) is 4.31. The van der Waals surface area contributed by atoms with E-state index in [9.17, 15) is 14.4 Å². The Morgan fingerprint density at radius 3 is 2.50 bits per heavy atom. The van der Waals surface area contributed by atoms with E-state index in [2.05, 4.69) is 11.9 Å². The summed E-state index contributed by atoms with van der Waals surface area (Å²) >= 11 is 0. The zero-order valence-corrected chi connectivity index (χ0v) is 14.3. The van der Waals surface area contributed by atoms with Gasteiger partial charge < -0.3 is 14.7 Å². The molecule has 130 valence electrons. The number of amides is 3. The molecule has 0 N–H and O–H groups in total. The number of aromatic nitrogens is 1. The summed E-state index contributed by atoms with van der Waals surface area (Å²) < 4.78 is 0. The second kappa shape index (κ2) is 8.42. The van der Waals surface area contributed by atoms with Gasteiger partial charge in [0.05, 0.1) is 0 Å². The molecule has 3 amide bonds. The van der Waals surface area contributed by atoms with Crippen molar-refractivity contribution in [2.24, 2.45) is 0 Å². The van der Waals surface area contributed by atoms with Crippen LogP contribution in [0, 0.1) is 0 Å². The van der Waals surface area contributed by atoms with E-state index in [1.165, 1.54) is 0 Å². The zero-order valence-electron chi connectivity index (χ0n) is 14.3. The monoisotopic (exact) mass is 332 g/mol. The van der Waals surface area contributed by atoms with Crippen molar-refractivity contribution in [3.63, 3.8) is 0 Å². The molecule has 0 unspecified atom stereocenters. The van der Waals surface area contributed by atoms with Crippen molar-refractivity contribution in [1.82, 2.24) is 19.7 Å². The SMILES string of the molecule is CCCCN(C)C(=O)c1cccc(C(=O)N2CCN(C=O)CC2)n1. The van der Waals surface area contributed by atoms with Crippen LogP contribution in [-0.2, 0) is 4.79 Å². The van der Waals surface area contributed by atoms with Gasteiger partial charge in [-0.1, -0.05) is 19.4 Å². The van der Waals surface area contributed by atoms with Crippen LogP contribution in [0.25, 0.3) is 0 Å². The van der Waals surface area contributed by atoms with E-state index < -0.39 is 0 Å². The molecular formula is C17H24N4O3. The molecule has 0 aromatic carbocycles. The van der Waals surface area contributed by atoms with Crippen molar-refractivity contribution >= 4 is 18.2 Å². The van der Waals surface area contributed by atoms with Crippen LogP contribution in [0.2, 0.25) is 0 Å². The lowest BCUT2D eigenvalue weighted by Crippen LogP contribution is -2.48. The van der Waals surface area contributed by atoms with Gasteiger partial charge in [-0.25, -0.2) is 4.98 Å². The van der Waals surface area contributed by atoms with Gasteiger partial charge >= 0.3 is 0 Å². The average Bonchev–Trinajstić information content (AvgIpc) is 2.65. The molecule has 0 bridgehead atoms. The van der Waals surface area contributed by atoms with E-state index in [0.29, 0.717) is 32.7 Å². The number of unbranched alkanes of at least 4 members (excludes halogenated alkanes) is 1. The highest BCUT2D eigenvalue weighted by atomic mass is 16.2. The summed E-state index contributed by atoms with van der Waals surface area (Å²) in [6.45, 7) is 4.74. The topological polar surface area (TPSA) is 73.8 Å². The summed E-state index contributed by atoms with van der Waals surface area (Å²) in [6.07, 6.45) is 2.74. The molecule has 1 aromatic rings. The molecule has 2 heterocycles. The minimum atomic E-state index is -0.202. The van der Waals surface area contributed by atoms with Gasteiger partial charge in [-0.2, -0.15) is 0 Å². The fourth-order valence-corrected chi connectivity index (χ4v) is 2.56. The Labute approximate surface area is 142 Å². The first-order chi connectivity index (χ1) is 11.6. The predicted molar refractivity (Wildman–Crippen MR) is 89.6 cm³/mol. The molecule has 1 fully saturated rings. The molecule has 1 aliphatic rings. The Kier molecular flexibility index (Phi) is 6.28. The Balaban J connectivity index is 2.05. The van der Waals surface area contributed by atoms with Crippen LogP contribution < -0.4 is 0 Å². The smallest absolute Gasteiger partial charge is 0.272 e. The highest BCUT2D eigenvalue weighted by Gasteiger charge is 2.23. The standard InChI is InChI=1S/C17H24N4O3/c1-3-4-8-19(2)16(23)14-6-5-7-15(18-14)17(24)21-11-9-20(13-22)10-12-21/h5-7,13H,3-4,8-12H2,1-2H3. The molecule has 24 heavy (non-hydrogen) atoms. The van der Waals surface area contributed by atoms with Crippen LogP contribution in [0.5, 0.6) is 0 Å². The van der Waals surface area contributed by atoms with Gasteiger partial charge in [-0.3, -0.25) is 14.4 Å². The molecule has 1 saturated heterocycles. The Morgan fingerprint density at radius 1 is 1.21 bits per heavy atom. The summed E-state index contributed by atoms with van der Waals surface area (Å²) in [7, 11) is 1.74. The minimum Gasteiger partial charge on any atom is -0.342 e.